The van der Waals surface area contributed by atoms with Crippen molar-refractivity contribution in [3.63, 3.8) is 0 Å². The topological polar surface area (TPSA) is 24.1 Å². The maximum absolute atomic E-state index is 13.6. The van der Waals surface area contributed by atoms with Crippen molar-refractivity contribution in [2.24, 2.45) is 5.92 Å². The highest BCUT2D eigenvalue weighted by molar-refractivity contribution is 5.21. The van der Waals surface area contributed by atoms with Crippen molar-refractivity contribution in [1.29, 1.82) is 0 Å². The van der Waals surface area contributed by atoms with Crippen molar-refractivity contribution in [2.75, 3.05) is 19.6 Å². The van der Waals surface area contributed by atoms with E-state index in [1.165, 1.54) is 12.1 Å². The molecule has 1 heterocycles. The van der Waals surface area contributed by atoms with Crippen LogP contribution in [0.25, 0.3) is 0 Å². The fourth-order valence-corrected chi connectivity index (χ4v) is 2.39. The first kappa shape index (κ1) is 13.4. The summed E-state index contributed by atoms with van der Waals surface area (Å²) in [7, 11) is 0. The monoisotopic (exact) mass is 254 g/mol. The van der Waals surface area contributed by atoms with E-state index in [9.17, 15) is 8.78 Å². The lowest BCUT2D eigenvalue weighted by Gasteiger charge is -2.25. The van der Waals surface area contributed by atoms with E-state index in [4.69, 9.17) is 0 Å². The number of halogens is 2. The summed E-state index contributed by atoms with van der Waals surface area (Å²) in [6.07, 6.45) is 2.29. The summed E-state index contributed by atoms with van der Waals surface area (Å²) < 4.78 is 26.7. The number of hydrogen-bond acceptors (Lipinski definition) is 2. The van der Waals surface area contributed by atoms with E-state index in [0.29, 0.717) is 11.5 Å². The van der Waals surface area contributed by atoms with Crippen molar-refractivity contribution >= 4 is 0 Å². The van der Waals surface area contributed by atoms with E-state index in [1.54, 1.807) is 0 Å². The van der Waals surface area contributed by atoms with E-state index in [2.05, 4.69) is 10.6 Å². The molecule has 1 unspecified atom stereocenters. The number of rotatable bonds is 4. The lowest BCUT2D eigenvalue weighted by molar-refractivity contribution is 0.343. The van der Waals surface area contributed by atoms with Gasteiger partial charge in [-0.05, 0) is 63.5 Å². The Kier molecular flexibility index (Phi) is 4.66. The summed E-state index contributed by atoms with van der Waals surface area (Å²) in [5.74, 6) is -0.103. The number of hydrogen-bond donors (Lipinski definition) is 2. The van der Waals surface area contributed by atoms with Crippen LogP contribution in [0.15, 0.2) is 18.2 Å². The van der Waals surface area contributed by atoms with E-state index in [-0.39, 0.29) is 17.7 Å². The Morgan fingerprint density at radius 3 is 2.78 bits per heavy atom. The Labute approximate surface area is 107 Å². The van der Waals surface area contributed by atoms with Gasteiger partial charge < -0.3 is 10.6 Å². The van der Waals surface area contributed by atoms with E-state index >= 15 is 0 Å². The van der Waals surface area contributed by atoms with Crippen LogP contribution in [0.2, 0.25) is 0 Å². The largest absolute Gasteiger partial charge is 0.317 e. The predicted molar refractivity (Wildman–Crippen MR) is 68.4 cm³/mol. The molecule has 0 radical (unpaired) electrons. The van der Waals surface area contributed by atoms with Crippen LogP contribution in [0.3, 0.4) is 0 Å². The zero-order valence-electron chi connectivity index (χ0n) is 10.7. The molecule has 0 saturated carbocycles. The van der Waals surface area contributed by atoms with Gasteiger partial charge in [0.25, 0.3) is 0 Å². The second-order valence-electron chi connectivity index (χ2n) is 4.99. The van der Waals surface area contributed by atoms with Gasteiger partial charge in [-0.1, -0.05) is 0 Å². The van der Waals surface area contributed by atoms with Gasteiger partial charge in [0.2, 0.25) is 0 Å². The summed E-state index contributed by atoms with van der Waals surface area (Å²) in [4.78, 5) is 0. The van der Waals surface area contributed by atoms with Crippen LogP contribution in [-0.4, -0.2) is 19.6 Å². The minimum atomic E-state index is -0.387. The van der Waals surface area contributed by atoms with Crippen LogP contribution in [0.4, 0.5) is 8.78 Å². The zero-order chi connectivity index (χ0) is 13.0. The minimum absolute atomic E-state index is 0.157. The lowest BCUT2D eigenvalue weighted by Crippen LogP contribution is -2.34. The number of piperidine rings is 1. The molecule has 0 spiro atoms. The summed E-state index contributed by atoms with van der Waals surface area (Å²) >= 11 is 0. The first-order valence-electron chi connectivity index (χ1n) is 6.56. The van der Waals surface area contributed by atoms with Crippen molar-refractivity contribution in [2.45, 2.75) is 25.8 Å². The molecule has 1 fully saturated rings. The zero-order valence-corrected chi connectivity index (χ0v) is 10.7. The van der Waals surface area contributed by atoms with Crippen LogP contribution < -0.4 is 10.6 Å². The van der Waals surface area contributed by atoms with Gasteiger partial charge in [-0.3, -0.25) is 0 Å². The quantitative estimate of drug-likeness (QED) is 0.863. The van der Waals surface area contributed by atoms with Crippen LogP contribution in [0.1, 0.15) is 31.4 Å². The molecule has 18 heavy (non-hydrogen) atoms. The fourth-order valence-electron chi connectivity index (χ4n) is 2.39. The third-order valence-electron chi connectivity index (χ3n) is 3.60. The molecule has 1 aromatic carbocycles. The van der Waals surface area contributed by atoms with E-state index in [1.807, 2.05) is 6.92 Å². The third kappa shape index (κ3) is 3.50. The maximum atomic E-state index is 13.6. The molecule has 2 nitrogen and oxygen atoms in total. The lowest BCUT2D eigenvalue weighted by atomic mass is 9.97. The second-order valence-corrected chi connectivity index (χ2v) is 4.99. The molecular formula is C14H20F2N2. The minimum Gasteiger partial charge on any atom is -0.317 e. The van der Waals surface area contributed by atoms with Crippen molar-refractivity contribution < 1.29 is 8.78 Å². The molecule has 1 aliphatic heterocycles. The molecule has 1 aliphatic rings. The highest BCUT2D eigenvalue weighted by Crippen LogP contribution is 2.19. The van der Waals surface area contributed by atoms with Gasteiger partial charge in [-0.2, -0.15) is 0 Å². The first-order valence-corrected chi connectivity index (χ1v) is 6.56. The van der Waals surface area contributed by atoms with Gasteiger partial charge in [0.1, 0.15) is 11.6 Å². The SMILES string of the molecule is CC(NCC1CCNCC1)c1cc(F)ccc1F. The Bertz CT molecular complexity index is 389. The van der Waals surface area contributed by atoms with Crippen molar-refractivity contribution in [3.05, 3.63) is 35.4 Å². The second kappa shape index (κ2) is 6.25. The van der Waals surface area contributed by atoms with Crippen LogP contribution in [-0.2, 0) is 0 Å². The standard InChI is InChI=1S/C14H20F2N2/c1-10(13-8-12(15)2-3-14(13)16)18-9-11-4-6-17-7-5-11/h2-3,8,10-11,17-18H,4-7,9H2,1H3. The van der Waals surface area contributed by atoms with Gasteiger partial charge in [0, 0.05) is 11.6 Å². The molecule has 0 amide bonds. The molecule has 2 N–H and O–H groups in total. The molecule has 0 aromatic heterocycles. The molecule has 100 valence electrons. The Hall–Kier alpha value is -1.00. The van der Waals surface area contributed by atoms with Crippen molar-refractivity contribution in [1.82, 2.24) is 10.6 Å². The number of benzene rings is 1. The van der Waals surface area contributed by atoms with Gasteiger partial charge in [-0.25, -0.2) is 8.78 Å². The summed E-state index contributed by atoms with van der Waals surface area (Å²) in [6, 6.07) is 3.46. The Morgan fingerprint density at radius 1 is 1.33 bits per heavy atom. The predicted octanol–water partition coefficient (Wildman–Crippen LogP) is 2.62. The average molecular weight is 254 g/mol. The average Bonchev–Trinajstić information content (AvgIpc) is 2.40. The van der Waals surface area contributed by atoms with Gasteiger partial charge in [0.15, 0.2) is 0 Å². The normalized spacial score (nSPS) is 18.8. The first-order chi connectivity index (χ1) is 8.66. The summed E-state index contributed by atoms with van der Waals surface area (Å²) in [5, 5.41) is 6.62. The van der Waals surface area contributed by atoms with Crippen LogP contribution in [0, 0.1) is 17.6 Å². The molecule has 0 aliphatic carbocycles. The van der Waals surface area contributed by atoms with Crippen molar-refractivity contribution in [3.8, 4) is 0 Å². The highest BCUT2D eigenvalue weighted by Gasteiger charge is 2.16. The fraction of sp³-hybridized carbons (Fsp3) is 0.571. The number of nitrogens with one attached hydrogen (secondary N) is 2. The van der Waals surface area contributed by atoms with E-state index < -0.39 is 0 Å². The van der Waals surface area contributed by atoms with Gasteiger partial charge in [-0.15, -0.1) is 0 Å². The third-order valence-corrected chi connectivity index (χ3v) is 3.60. The molecule has 4 heteroatoms. The smallest absolute Gasteiger partial charge is 0.128 e. The molecule has 2 rings (SSSR count). The van der Waals surface area contributed by atoms with Gasteiger partial charge >= 0.3 is 0 Å². The molecular weight excluding hydrogens is 234 g/mol. The maximum Gasteiger partial charge on any atom is 0.128 e. The molecule has 1 atom stereocenters. The molecule has 1 saturated heterocycles. The molecule has 0 bridgehead atoms. The Morgan fingerprint density at radius 2 is 2.06 bits per heavy atom. The van der Waals surface area contributed by atoms with Crippen LogP contribution >= 0.6 is 0 Å². The summed E-state index contributed by atoms with van der Waals surface area (Å²) in [6.45, 7) is 4.84. The Balaban J connectivity index is 1.90. The summed E-state index contributed by atoms with van der Waals surface area (Å²) in [5.41, 5.74) is 0.406. The molecule has 1 aromatic rings. The highest BCUT2D eigenvalue weighted by atomic mass is 19.1. The van der Waals surface area contributed by atoms with Crippen LogP contribution in [0.5, 0.6) is 0 Å². The van der Waals surface area contributed by atoms with E-state index in [0.717, 1.165) is 38.5 Å². The van der Waals surface area contributed by atoms with Gasteiger partial charge in [0.05, 0.1) is 0 Å².